The molecule has 1 aliphatic heterocycles. The Labute approximate surface area is 154 Å². The second kappa shape index (κ2) is 8.33. The molecule has 124 valence electrons. The second-order valence-corrected chi connectivity index (χ2v) is 5.95. The zero-order valence-electron chi connectivity index (χ0n) is 13.4. The first-order valence-corrected chi connectivity index (χ1v) is 7.86. The standard InChI is InChI=1S/C17H23N5.HI/c1-13-7-9-22(10-8-13)17(18)20-12-16-19-11-15(21-16)14-5-3-2-4-6-14;/h2-6,11,13H,7-10,12H2,1H3,(H2,18,20)(H,19,21);1H. The third kappa shape index (κ3) is 4.70. The highest BCUT2D eigenvalue weighted by Crippen LogP contribution is 2.17. The van der Waals surface area contributed by atoms with Gasteiger partial charge in [-0.2, -0.15) is 0 Å². The lowest BCUT2D eigenvalue weighted by atomic mass is 10.00. The van der Waals surface area contributed by atoms with Crippen LogP contribution in [0, 0.1) is 5.92 Å². The van der Waals surface area contributed by atoms with Crippen molar-refractivity contribution in [2.75, 3.05) is 13.1 Å². The lowest BCUT2D eigenvalue weighted by Gasteiger charge is -2.30. The summed E-state index contributed by atoms with van der Waals surface area (Å²) in [5.74, 6) is 2.26. The summed E-state index contributed by atoms with van der Waals surface area (Å²) in [6.07, 6.45) is 4.23. The molecule has 5 nitrogen and oxygen atoms in total. The Hall–Kier alpha value is -1.57. The average Bonchev–Trinajstić information content (AvgIpc) is 3.03. The van der Waals surface area contributed by atoms with Crippen LogP contribution in [0.15, 0.2) is 41.5 Å². The molecule has 3 N–H and O–H groups in total. The number of aromatic nitrogens is 2. The molecule has 1 aromatic heterocycles. The third-order valence-corrected chi connectivity index (χ3v) is 4.21. The summed E-state index contributed by atoms with van der Waals surface area (Å²) in [4.78, 5) is 14.3. The van der Waals surface area contributed by atoms with E-state index in [1.165, 1.54) is 12.8 Å². The highest BCUT2D eigenvalue weighted by atomic mass is 127. The van der Waals surface area contributed by atoms with E-state index in [0.29, 0.717) is 12.5 Å². The quantitative estimate of drug-likeness (QED) is 0.451. The van der Waals surface area contributed by atoms with Crippen molar-refractivity contribution in [2.45, 2.75) is 26.3 Å². The van der Waals surface area contributed by atoms with Crippen molar-refractivity contribution < 1.29 is 0 Å². The topological polar surface area (TPSA) is 70.3 Å². The van der Waals surface area contributed by atoms with E-state index in [1.807, 2.05) is 24.4 Å². The van der Waals surface area contributed by atoms with Gasteiger partial charge in [0.25, 0.3) is 0 Å². The Morgan fingerprint density at radius 3 is 2.70 bits per heavy atom. The molecule has 1 fully saturated rings. The number of likely N-dealkylation sites (tertiary alicyclic amines) is 1. The molecular formula is C17H24IN5. The van der Waals surface area contributed by atoms with E-state index in [2.05, 4.69) is 38.9 Å². The van der Waals surface area contributed by atoms with Crippen LogP contribution in [-0.4, -0.2) is 33.9 Å². The Bertz CT molecular complexity index is 629. The second-order valence-electron chi connectivity index (χ2n) is 5.95. The van der Waals surface area contributed by atoms with Crippen molar-refractivity contribution >= 4 is 29.9 Å². The lowest BCUT2D eigenvalue weighted by Crippen LogP contribution is -2.42. The van der Waals surface area contributed by atoms with Gasteiger partial charge >= 0.3 is 0 Å². The van der Waals surface area contributed by atoms with Crippen LogP contribution in [0.4, 0.5) is 0 Å². The predicted octanol–water partition coefficient (Wildman–Crippen LogP) is 3.24. The molecule has 23 heavy (non-hydrogen) atoms. The van der Waals surface area contributed by atoms with Gasteiger partial charge in [-0.05, 0) is 24.3 Å². The molecule has 1 saturated heterocycles. The van der Waals surface area contributed by atoms with Gasteiger partial charge in [-0.25, -0.2) is 9.98 Å². The average molecular weight is 425 g/mol. The van der Waals surface area contributed by atoms with Crippen molar-refractivity contribution in [1.82, 2.24) is 14.9 Å². The van der Waals surface area contributed by atoms with Crippen molar-refractivity contribution in [2.24, 2.45) is 16.6 Å². The molecule has 2 aromatic rings. The fourth-order valence-corrected chi connectivity index (χ4v) is 2.70. The van der Waals surface area contributed by atoms with Crippen molar-refractivity contribution in [3.05, 3.63) is 42.4 Å². The molecule has 0 aliphatic carbocycles. The number of hydrogen-bond acceptors (Lipinski definition) is 2. The molecule has 3 rings (SSSR count). The first-order chi connectivity index (χ1) is 10.7. The van der Waals surface area contributed by atoms with E-state index in [9.17, 15) is 0 Å². The maximum atomic E-state index is 6.09. The Kier molecular flexibility index (Phi) is 6.44. The summed E-state index contributed by atoms with van der Waals surface area (Å²) in [6, 6.07) is 10.2. The number of nitrogens with zero attached hydrogens (tertiary/aromatic N) is 3. The molecule has 1 aliphatic rings. The van der Waals surface area contributed by atoms with Gasteiger partial charge in [0.05, 0.1) is 11.9 Å². The van der Waals surface area contributed by atoms with Gasteiger partial charge in [0, 0.05) is 13.1 Å². The first-order valence-electron chi connectivity index (χ1n) is 7.86. The van der Waals surface area contributed by atoms with Gasteiger partial charge in [-0.15, -0.1) is 24.0 Å². The van der Waals surface area contributed by atoms with Crippen molar-refractivity contribution in [1.29, 1.82) is 0 Å². The third-order valence-electron chi connectivity index (χ3n) is 4.21. The number of guanidine groups is 1. The van der Waals surface area contributed by atoms with E-state index in [-0.39, 0.29) is 24.0 Å². The molecule has 0 bridgehead atoms. The Morgan fingerprint density at radius 2 is 2.00 bits per heavy atom. The van der Waals surface area contributed by atoms with Crippen LogP contribution in [0.2, 0.25) is 0 Å². The molecule has 2 heterocycles. The maximum Gasteiger partial charge on any atom is 0.191 e. The minimum Gasteiger partial charge on any atom is -0.370 e. The van der Waals surface area contributed by atoms with E-state index in [0.717, 1.165) is 36.1 Å². The zero-order valence-corrected chi connectivity index (χ0v) is 15.7. The molecule has 0 spiro atoms. The zero-order chi connectivity index (χ0) is 15.4. The predicted molar refractivity (Wildman–Crippen MR) is 105 cm³/mol. The summed E-state index contributed by atoms with van der Waals surface area (Å²) >= 11 is 0. The first kappa shape index (κ1) is 17.8. The van der Waals surface area contributed by atoms with Gasteiger partial charge < -0.3 is 15.6 Å². The number of H-pyrrole nitrogens is 1. The van der Waals surface area contributed by atoms with Crippen LogP contribution < -0.4 is 5.73 Å². The number of nitrogens with one attached hydrogen (secondary N) is 1. The number of aliphatic imine (C=N–C) groups is 1. The summed E-state index contributed by atoms with van der Waals surface area (Å²) in [5, 5.41) is 0. The molecule has 6 heteroatoms. The molecule has 0 unspecified atom stereocenters. The molecule has 0 amide bonds. The van der Waals surface area contributed by atoms with Gasteiger partial charge in [0.2, 0.25) is 0 Å². The van der Waals surface area contributed by atoms with Crippen LogP contribution >= 0.6 is 24.0 Å². The fraction of sp³-hybridized carbons (Fsp3) is 0.412. The van der Waals surface area contributed by atoms with Gasteiger partial charge in [-0.3, -0.25) is 0 Å². The number of piperidine rings is 1. The number of imidazole rings is 1. The Balaban J connectivity index is 0.00000192. The number of aromatic amines is 1. The smallest absolute Gasteiger partial charge is 0.191 e. The number of halogens is 1. The van der Waals surface area contributed by atoms with Crippen LogP contribution in [0.25, 0.3) is 11.3 Å². The van der Waals surface area contributed by atoms with Crippen LogP contribution in [0.1, 0.15) is 25.6 Å². The molecular weight excluding hydrogens is 401 g/mol. The van der Waals surface area contributed by atoms with Crippen molar-refractivity contribution in [3.8, 4) is 11.3 Å². The molecule has 0 radical (unpaired) electrons. The van der Waals surface area contributed by atoms with Gasteiger partial charge in [0.15, 0.2) is 5.96 Å². The van der Waals surface area contributed by atoms with E-state index in [1.54, 1.807) is 0 Å². The number of rotatable bonds is 3. The maximum absolute atomic E-state index is 6.09. The monoisotopic (exact) mass is 425 g/mol. The Morgan fingerprint density at radius 1 is 1.30 bits per heavy atom. The largest absolute Gasteiger partial charge is 0.370 e. The minimum atomic E-state index is 0. The summed E-state index contributed by atoms with van der Waals surface area (Å²) in [5.41, 5.74) is 8.23. The number of nitrogens with two attached hydrogens (primary N) is 1. The van der Waals surface area contributed by atoms with Crippen LogP contribution in [-0.2, 0) is 6.54 Å². The van der Waals surface area contributed by atoms with E-state index >= 15 is 0 Å². The lowest BCUT2D eigenvalue weighted by molar-refractivity contribution is 0.277. The minimum absolute atomic E-state index is 0. The van der Waals surface area contributed by atoms with Gasteiger partial charge in [-0.1, -0.05) is 37.3 Å². The van der Waals surface area contributed by atoms with Gasteiger partial charge in [0.1, 0.15) is 12.4 Å². The number of hydrogen-bond donors (Lipinski definition) is 2. The van der Waals surface area contributed by atoms with E-state index < -0.39 is 0 Å². The fourth-order valence-electron chi connectivity index (χ4n) is 2.70. The highest BCUT2D eigenvalue weighted by molar-refractivity contribution is 14.0. The van der Waals surface area contributed by atoms with E-state index in [4.69, 9.17) is 5.73 Å². The number of benzene rings is 1. The highest BCUT2D eigenvalue weighted by Gasteiger charge is 2.16. The summed E-state index contributed by atoms with van der Waals surface area (Å²) in [6.45, 7) is 4.79. The molecule has 1 aromatic carbocycles. The molecule has 0 atom stereocenters. The van der Waals surface area contributed by atoms with Crippen molar-refractivity contribution in [3.63, 3.8) is 0 Å². The molecule has 0 saturated carbocycles. The SMILES string of the molecule is CC1CCN(C(N)=NCc2ncc(-c3ccccc3)[nH]2)CC1.I. The van der Waals surface area contributed by atoms with Crippen LogP contribution in [0.5, 0.6) is 0 Å². The summed E-state index contributed by atoms with van der Waals surface area (Å²) < 4.78 is 0. The normalized spacial score (nSPS) is 16.2. The summed E-state index contributed by atoms with van der Waals surface area (Å²) in [7, 11) is 0. The van der Waals surface area contributed by atoms with Crippen LogP contribution in [0.3, 0.4) is 0 Å².